The summed E-state index contributed by atoms with van der Waals surface area (Å²) in [6, 6.07) is 5.74. The highest BCUT2D eigenvalue weighted by atomic mass is 79.9. The number of carbonyl (C=O) groups excluding carboxylic acids is 1. The Morgan fingerprint density at radius 2 is 2.11 bits per heavy atom. The molecule has 0 unspecified atom stereocenters. The van der Waals surface area contributed by atoms with Crippen molar-refractivity contribution in [3.63, 3.8) is 0 Å². The zero-order valence-corrected chi connectivity index (χ0v) is 13.2. The van der Waals surface area contributed by atoms with Crippen LogP contribution in [0.4, 0.5) is 0 Å². The Hall–Kier alpha value is -0.540. The molecule has 0 saturated heterocycles. The maximum Gasteiger partial charge on any atom is 0.254 e. The molecule has 18 heavy (non-hydrogen) atoms. The quantitative estimate of drug-likeness (QED) is 0.714. The molecule has 0 atom stereocenters. The summed E-state index contributed by atoms with van der Waals surface area (Å²) >= 11 is 9.18. The molecule has 0 saturated carbocycles. The highest BCUT2D eigenvalue weighted by Gasteiger charge is 2.16. The van der Waals surface area contributed by atoms with Gasteiger partial charge in [-0.05, 0) is 37.1 Å². The highest BCUT2D eigenvalue weighted by molar-refractivity contribution is 9.10. The van der Waals surface area contributed by atoms with Gasteiger partial charge in [-0.3, -0.25) is 4.79 Å². The van der Waals surface area contributed by atoms with Crippen LogP contribution < -0.4 is 0 Å². The van der Waals surface area contributed by atoms with Gasteiger partial charge in [0.2, 0.25) is 0 Å². The van der Waals surface area contributed by atoms with E-state index in [0.717, 1.165) is 35.0 Å². The molecule has 0 aliphatic rings. The van der Waals surface area contributed by atoms with E-state index in [1.807, 2.05) is 30.0 Å². The number of amides is 1. The van der Waals surface area contributed by atoms with E-state index in [1.165, 1.54) is 0 Å². The van der Waals surface area contributed by atoms with Crippen LogP contribution in [0.3, 0.4) is 0 Å². The first-order valence-corrected chi connectivity index (χ1v) is 7.54. The van der Waals surface area contributed by atoms with Crippen LogP contribution in [0.1, 0.15) is 35.7 Å². The van der Waals surface area contributed by atoms with Gasteiger partial charge in [-0.1, -0.05) is 29.3 Å². The number of carbonyl (C=O) groups is 1. The number of benzene rings is 1. The molecule has 4 heteroatoms. The lowest BCUT2D eigenvalue weighted by Gasteiger charge is -2.22. The van der Waals surface area contributed by atoms with Gasteiger partial charge in [-0.25, -0.2) is 0 Å². The molecule has 0 spiro atoms. The molecule has 0 aliphatic carbocycles. The average molecular weight is 333 g/mol. The summed E-state index contributed by atoms with van der Waals surface area (Å²) in [5, 5.41) is 0. The fraction of sp³-hybridized carbons (Fsp3) is 0.500. The van der Waals surface area contributed by atoms with E-state index in [2.05, 4.69) is 22.9 Å². The Kier molecular flexibility index (Phi) is 6.72. The first-order valence-electron chi connectivity index (χ1n) is 6.21. The second kappa shape index (κ2) is 7.80. The monoisotopic (exact) mass is 331 g/mol. The Morgan fingerprint density at radius 3 is 2.67 bits per heavy atom. The van der Waals surface area contributed by atoms with E-state index < -0.39 is 0 Å². The SMILES string of the molecule is CCCCN(CCCl)C(=O)c1ccc(Br)cc1C. The van der Waals surface area contributed by atoms with Gasteiger partial charge in [0.25, 0.3) is 5.91 Å². The lowest BCUT2D eigenvalue weighted by molar-refractivity contribution is 0.0762. The second-order valence-corrected chi connectivity index (χ2v) is 5.59. The lowest BCUT2D eigenvalue weighted by atomic mass is 10.1. The van der Waals surface area contributed by atoms with Crippen molar-refractivity contribution in [1.29, 1.82) is 0 Å². The number of alkyl halides is 1. The van der Waals surface area contributed by atoms with Crippen LogP contribution in [0.25, 0.3) is 0 Å². The lowest BCUT2D eigenvalue weighted by Crippen LogP contribution is -2.34. The minimum absolute atomic E-state index is 0.0779. The van der Waals surface area contributed by atoms with E-state index in [-0.39, 0.29) is 5.91 Å². The molecule has 1 aromatic rings. The molecule has 100 valence electrons. The van der Waals surface area contributed by atoms with Crippen LogP contribution in [-0.4, -0.2) is 29.8 Å². The molecule has 1 aromatic carbocycles. The van der Waals surface area contributed by atoms with E-state index in [0.29, 0.717) is 12.4 Å². The van der Waals surface area contributed by atoms with Crippen LogP contribution in [0.2, 0.25) is 0 Å². The Labute approximate surface area is 122 Å². The summed E-state index contributed by atoms with van der Waals surface area (Å²) in [6.45, 7) is 5.46. The van der Waals surface area contributed by atoms with E-state index >= 15 is 0 Å². The summed E-state index contributed by atoms with van der Waals surface area (Å²) in [5.74, 6) is 0.555. The van der Waals surface area contributed by atoms with E-state index in [9.17, 15) is 4.79 Å². The normalized spacial score (nSPS) is 10.4. The molecule has 0 fully saturated rings. The van der Waals surface area contributed by atoms with Gasteiger partial charge in [0.05, 0.1) is 0 Å². The van der Waals surface area contributed by atoms with Crippen molar-refractivity contribution in [2.24, 2.45) is 0 Å². The van der Waals surface area contributed by atoms with Crippen LogP contribution in [0.15, 0.2) is 22.7 Å². The maximum atomic E-state index is 12.4. The molecular weight excluding hydrogens is 314 g/mol. The van der Waals surface area contributed by atoms with Crippen molar-refractivity contribution >= 4 is 33.4 Å². The third kappa shape index (κ3) is 4.29. The van der Waals surface area contributed by atoms with Crippen LogP contribution in [0, 0.1) is 6.92 Å². The third-order valence-electron chi connectivity index (χ3n) is 2.84. The number of hydrogen-bond donors (Lipinski definition) is 0. The van der Waals surface area contributed by atoms with Gasteiger partial charge in [0.15, 0.2) is 0 Å². The molecule has 1 rings (SSSR count). The van der Waals surface area contributed by atoms with E-state index in [4.69, 9.17) is 11.6 Å². The molecule has 0 heterocycles. The van der Waals surface area contributed by atoms with Crippen LogP contribution in [-0.2, 0) is 0 Å². The first kappa shape index (κ1) is 15.5. The first-order chi connectivity index (χ1) is 8.60. The zero-order valence-electron chi connectivity index (χ0n) is 10.9. The number of hydrogen-bond acceptors (Lipinski definition) is 1. The number of halogens is 2. The van der Waals surface area contributed by atoms with Gasteiger partial charge >= 0.3 is 0 Å². The molecular formula is C14H19BrClNO. The molecule has 0 radical (unpaired) electrons. The van der Waals surface area contributed by atoms with Crippen LogP contribution >= 0.6 is 27.5 Å². The molecule has 0 aromatic heterocycles. The summed E-state index contributed by atoms with van der Waals surface area (Å²) in [5.41, 5.74) is 1.75. The predicted molar refractivity (Wildman–Crippen MR) is 80.4 cm³/mol. The smallest absolute Gasteiger partial charge is 0.254 e. The summed E-state index contributed by atoms with van der Waals surface area (Å²) in [4.78, 5) is 14.3. The topological polar surface area (TPSA) is 20.3 Å². The number of rotatable bonds is 6. The van der Waals surface area contributed by atoms with Gasteiger partial charge in [-0.2, -0.15) is 0 Å². The molecule has 0 bridgehead atoms. The Bertz CT molecular complexity index is 409. The molecule has 0 N–H and O–H groups in total. The third-order valence-corrected chi connectivity index (χ3v) is 3.50. The van der Waals surface area contributed by atoms with Gasteiger partial charge in [0, 0.05) is 29.0 Å². The maximum absolute atomic E-state index is 12.4. The van der Waals surface area contributed by atoms with Crippen molar-refractivity contribution in [2.75, 3.05) is 19.0 Å². The average Bonchev–Trinajstić information content (AvgIpc) is 2.33. The van der Waals surface area contributed by atoms with E-state index in [1.54, 1.807) is 0 Å². The number of nitrogens with zero attached hydrogens (tertiary/aromatic N) is 1. The Balaban J connectivity index is 2.87. The van der Waals surface area contributed by atoms with Gasteiger partial charge in [0.1, 0.15) is 0 Å². The van der Waals surface area contributed by atoms with Gasteiger partial charge < -0.3 is 4.90 Å². The van der Waals surface area contributed by atoms with Crippen molar-refractivity contribution < 1.29 is 4.79 Å². The second-order valence-electron chi connectivity index (χ2n) is 4.29. The fourth-order valence-corrected chi connectivity index (χ4v) is 2.48. The van der Waals surface area contributed by atoms with Crippen molar-refractivity contribution in [3.8, 4) is 0 Å². The summed E-state index contributed by atoms with van der Waals surface area (Å²) < 4.78 is 0.994. The molecule has 0 aliphatic heterocycles. The van der Waals surface area contributed by atoms with Crippen molar-refractivity contribution in [3.05, 3.63) is 33.8 Å². The molecule has 2 nitrogen and oxygen atoms in total. The van der Waals surface area contributed by atoms with Crippen molar-refractivity contribution in [2.45, 2.75) is 26.7 Å². The largest absolute Gasteiger partial charge is 0.337 e. The standard InChI is InChI=1S/C14H19BrClNO/c1-3-4-8-17(9-7-16)14(18)13-6-5-12(15)10-11(13)2/h5-6,10H,3-4,7-9H2,1-2H3. The summed E-state index contributed by atoms with van der Waals surface area (Å²) in [7, 11) is 0. The predicted octanol–water partition coefficient (Wildman–Crippen LogP) is 4.24. The van der Waals surface area contributed by atoms with Gasteiger partial charge in [-0.15, -0.1) is 11.6 Å². The van der Waals surface area contributed by atoms with Crippen molar-refractivity contribution in [1.82, 2.24) is 4.90 Å². The summed E-state index contributed by atoms with van der Waals surface area (Å²) in [6.07, 6.45) is 2.09. The highest BCUT2D eigenvalue weighted by Crippen LogP contribution is 2.17. The minimum Gasteiger partial charge on any atom is -0.337 e. The minimum atomic E-state index is 0.0779. The zero-order chi connectivity index (χ0) is 13.5. The Morgan fingerprint density at radius 1 is 1.39 bits per heavy atom. The number of aryl methyl sites for hydroxylation is 1. The van der Waals surface area contributed by atoms with Crippen LogP contribution in [0.5, 0.6) is 0 Å². The fourth-order valence-electron chi connectivity index (χ4n) is 1.80. The molecule has 1 amide bonds. The number of unbranched alkanes of at least 4 members (excludes halogenated alkanes) is 1.